The van der Waals surface area contributed by atoms with E-state index in [9.17, 15) is 18.0 Å². The number of fused-ring (bicyclic) bond motifs is 2. The summed E-state index contributed by atoms with van der Waals surface area (Å²) in [5, 5.41) is 6.98. The Morgan fingerprint density at radius 1 is 1.07 bits per heavy atom. The fraction of sp³-hybridized carbons (Fsp3) is 0.310. The van der Waals surface area contributed by atoms with Crippen LogP contribution in [0.3, 0.4) is 0 Å². The quantitative estimate of drug-likeness (QED) is 0.293. The second-order valence-electron chi connectivity index (χ2n) is 10.2. The molecule has 5 rings (SSSR count). The van der Waals surface area contributed by atoms with Gasteiger partial charge >= 0.3 is 5.97 Å². The molecule has 1 amide bonds. The van der Waals surface area contributed by atoms with E-state index >= 15 is 0 Å². The number of pyridine rings is 1. The molecule has 0 aliphatic carbocycles. The normalized spacial score (nSPS) is 14.5. The third-order valence-electron chi connectivity index (χ3n) is 6.96. The summed E-state index contributed by atoms with van der Waals surface area (Å²) < 4.78 is 38.1. The summed E-state index contributed by atoms with van der Waals surface area (Å²) in [6.45, 7) is 8.77. The van der Waals surface area contributed by atoms with Crippen LogP contribution in [0.4, 0.5) is 11.5 Å². The minimum absolute atomic E-state index is 0.0274. The minimum atomic E-state index is -3.91. The van der Waals surface area contributed by atoms with Crippen LogP contribution >= 0.6 is 0 Å². The molecule has 0 spiro atoms. The molecule has 12 heteroatoms. The summed E-state index contributed by atoms with van der Waals surface area (Å²) in [7, 11) is -3.91. The lowest BCUT2D eigenvalue weighted by molar-refractivity contribution is -0.123. The molecule has 0 fully saturated rings. The Balaban J connectivity index is 1.30. The van der Waals surface area contributed by atoms with E-state index in [0.29, 0.717) is 46.9 Å². The Hall–Kier alpha value is -4.29. The predicted molar refractivity (Wildman–Crippen MR) is 153 cm³/mol. The number of benzene rings is 2. The van der Waals surface area contributed by atoms with Gasteiger partial charge < -0.3 is 14.6 Å². The number of sulfonamides is 1. The van der Waals surface area contributed by atoms with E-state index in [-0.39, 0.29) is 10.7 Å². The fourth-order valence-electron chi connectivity index (χ4n) is 4.73. The molecule has 1 aliphatic rings. The molecule has 1 aliphatic heterocycles. The first-order valence-corrected chi connectivity index (χ1v) is 14.7. The van der Waals surface area contributed by atoms with Crippen molar-refractivity contribution in [1.82, 2.24) is 15.0 Å². The van der Waals surface area contributed by atoms with Crippen LogP contribution < -0.4 is 10.0 Å². The summed E-state index contributed by atoms with van der Waals surface area (Å²) in [5.74, 6) is -0.620. The molecule has 2 aromatic heterocycles. The SMILES string of the molecule is Cc1cc(NS(=O)(=O)c2ccc(NC(=O)C(C)OC(=O)c3c4c(nc5ccccc35)CCN(C(C)C)C4)cc2)no1. The number of nitrogens with zero attached hydrogens (tertiary/aromatic N) is 3. The van der Waals surface area contributed by atoms with Crippen molar-refractivity contribution in [2.45, 2.75) is 57.7 Å². The number of hydrogen-bond acceptors (Lipinski definition) is 9. The predicted octanol–water partition coefficient (Wildman–Crippen LogP) is 4.28. The number of carbonyl (C=O) groups excluding carboxylic acids is 2. The standard InChI is InChI=1S/C29H31N5O6S/c1-17(2)34-14-13-25-23(16-34)27(22-7-5-6-8-24(22)31-25)29(36)39-19(4)28(35)30-20-9-11-21(12-10-20)41(37,38)33-26-15-18(3)40-32-26/h5-12,15,17,19H,13-14,16H2,1-4H3,(H,30,35)(H,32,33). The molecule has 11 nitrogen and oxygen atoms in total. The topological polar surface area (TPSA) is 144 Å². The van der Waals surface area contributed by atoms with Crippen LogP contribution in [0.1, 0.15) is 48.1 Å². The number of para-hydroxylation sites is 1. The van der Waals surface area contributed by atoms with Crippen molar-refractivity contribution in [3.63, 3.8) is 0 Å². The zero-order chi connectivity index (χ0) is 29.3. The van der Waals surface area contributed by atoms with Gasteiger partial charge in [-0.3, -0.25) is 19.4 Å². The largest absolute Gasteiger partial charge is 0.449 e. The minimum Gasteiger partial charge on any atom is -0.449 e. The molecule has 0 radical (unpaired) electrons. The lowest BCUT2D eigenvalue weighted by atomic mass is 9.95. The molecule has 3 heterocycles. The first kappa shape index (κ1) is 28.2. The molecule has 214 valence electrons. The first-order chi connectivity index (χ1) is 19.5. The van der Waals surface area contributed by atoms with Crippen LogP contribution in [0.15, 0.2) is 64.0 Å². The van der Waals surface area contributed by atoms with Gasteiger partial charge in [-0.15, -0.1) is 0 Å². The van der Waals surface area contributed by atoms with Crippen molar-refractivity contribution in [2.75, 3.05) is 16.6 Å². The third-order valence-corrected chi connectivity index (χ3v) is 8.33. The maximum absolute atomic E-state index is 13.5. The average molecular weight is 578 g/mol. The van der Waals surface area contributed by atoms with Gasteiger partial charge in [-0.2, -0.15) is 0 Å². The number of aromatic nitrogens is 2. The summed E-state index contributed by atoms with van der Waals surface area (Å²) >= 11 is 0. The summed E-state index contributed by atoms with van der Waals surface area (Å²) in [5.41, 5.74) is 3.17. The summed E-state index contributed by atoms with van der Waals surface area (Å²) in [6.07, 6.45) is -0.399. The molecule has 2 N–H and O–H groups in total. The lowest BCUT2D eigenvalue weighted by Crippen LogP contribution is -2.37. The molecule has 0 saturated heterocycles. The molecule has 0 bridgehead atoms. The highest BCUT2D eigenvalue weighted by atomic mass is 32.2. The smallest absolute Gasteiger partial charge is 0.339 e. The lowest BCUT2D eigenvalue weighted by Gasteiger charge is -2.32. The van der Waals surface area contributed by atoms with Gasteiger partial charge in [0.1, 0.15) is 5.76 Å². The van der Waals surface area contributed by atoms with E-state index in [1.807, 2.05) is 24.3 Å². The Bertz CT molecular complexity index is 1720. The Kier molecular flexibility index (Phi) is 7.78. The van der Waals surface area contributed by atoms with Gasteiger partial charge in [-0.1, -0.05) is 23.4 Å². The van der Waals surface area contributed by atoms with E-state index in [1.54, 1.807) is 6.92 Å². The molecular formula is C29H31N5O6S. The van der Waals surface area contributed by atoms with Crippen molar-refractivity contribution in [1.29, 1.82) is 0 Å². The highest BCUT2D eigenvalue weighted by molar-refractivity contribution is 7.92. The van der Waals surface area contributed by atoms with Crippen molar-refractivity contribution in [3.8, 4) is 0 Å². The van der Waals surface area contributed by atoms with Gasteiger partial charge in [0.25, 0.3) is 15.9 Å². The van der Waals surface area contributed by atoms with E-state index in [0.717, 1.165) is 17.8 Å². The van der Waals surface area contributed by atoms with E-state index in [1.165, 1.54) is 37.3 Å². The van der Waals surface area contributed by atoms with Crippen LogP contribution in [0.5, 0.6) is 0 Å². The van der Waals surface area contributed by atoms with E-state index in [4.69, 9.17) is 14.2 Å². The number of nitrogens with one attached hydrogen (secondary N) is 2. The zero-order valence-electron chi connectivity index (χ0n) is 23.2. The number of hydrogen-bond donors (Lipinski definition) is 2. The van der Waals surface area contributed by atoms with Gasteiger partial charge in [0.15, 0.2) is 11.9 Å². The molecule has 1 atom stereocenters. The highest BCUT2D eigenvalue weighted by Gasteiger charge is 2.29. The Morgan fingerprint density at radius 2 is 1.80 bits per heavy atom. The van der Waals surface area contributed by atoms with Gasteiger partial charge in [0, 0.05) is 53.9 Å². The number of ether oxygens (including phenoxy) is 1. The number of aryl methyl sites for hydroxylation is 1. The maximum atomic E-state index is 13.5. The second kappa shape index (κ2) is 11.3. The Morgan fingerprint density at radius 3 is 2.49 bits per heavy atom. The number of rotatable bonds is 8. The van der Waals surface area contributed by atoms with Crippen molar-refractivity contribution >= 4 is 44.3 Å². The van der Waals surface area contributed by atoms with Crippen molar-refractivity contribution in [3.05, 3.63) is 77.2 Å². The molecule has 4 aromatic rings. The van der Waals surface area contributed by atoms with Gasteiger partial charge in [0.2, 0.25) is 0 Å². The summed E-state index contributed by atoms with van der Waals surface area (Å²) in [6, 6.07) is 14.8. The van der Waals surface area contributed by atoms with Gasteiger partial charge in [-0.05, 0) is 58.0 Å². The van der Waals surface area contributed by atoms with Crippen LogP contribution in [0.25, 0.3) is 10.9 Å². The monoisotopic (exact) mass is 577 g/mol. The molecule has 41 heavy (non-hydrogen) atoms. The third kappa shape index (κ3) is 6.08. The molecule has 2 aromatic carbocycles. The molecule has 0 saturated carbocycles. The Labute approximate surface area is 237 Å². The van der Waals surface area contributed by atoms with Gasteiger partial charge in [0.05, 0.1) is 16.0 Å². The fourth-order valence-corrected chi connectivity index (χ4v) is 5.71. The number of anilines is 2. The van der Waals surface area contributed by atoms with Crippen LogP contribution in [0, 0.1) is 6.92 Å². The number of amides is 1. The molecular weight excluding hydrogens is 546 g/mol. The number of carbonyl (C=O) groups is 2. The zero-order valence-corrected chi connectivity index (χ0v) is 24.0. The second-order valence-corrected chi connectivity index (χ2v) is 11.9. The molecule has 1 unspecified atom stereocenters. The summed E-state index contributed by atoms with van der Waals surface area (Å²) in [4.78, 5) is 33.5. The van der Waals surface area contributed by atoms with Crippen molar-refractivity contribution < 1.29 is 27.3 Å². The first-order valence-electron chi connectivity index (χ1n) is 13.2. The maximum Gasteiger partial charge on any atom is 0.339 e. The van der Waals surface area contributed by atoms with Crippen molar-refractivity contribution in [2.24, 2.45) is 0 Å². The average Bonchev–Trinajstić information content (AvgIpc) is 3.34. The van der Waals surface area contributed by atoms with Crippen LogP contribution in [-0.4, -0.2) is 54.0 Å². The van der Waals surface area contributed by atoms with Crippen LogP contribution in [-0.2, 0) is 32.5 Å². The number of esters is 1. The van der Waals surface area contributed by atoms with E-state index < -0.39 is 28.0 Å². The van der Waals surface area contributed by atoms with E-state index in [2.05, 4.69) is 33.9 Å². The van der Waals surface area contributed by atoms with Crippen LogP contribution in [0.2, 0.25) is 0 Å². The highest BCUT2D eigenvalue weighted by Crippen LogP contribution is 2.30. The van der Waals surface area contributed by atoms with Gasteiger partial charge in [-0.25, -0.2) is 13.2 Å².